The van der Waals surface area contributed by atoms with Crippen molar-refractivity contribution < 1.29 is 17.1 Å². The van der Waals surface area contributed by atoms with Crippen LogP contribution in [0.5, 0.6) is 0 Å². The molecule has 0 heterocycles. The van der Waals surface area contributed by atoms with E-state index in [0.29, 0.717) is 11.8 Å². The van der Waals surface area contributed by atoms with E-state index in [1.165, 1.54) is 77.0 Å². The maximum atomic E-state index is 3.96. The van der Waals surface area contributed by atoms with E-state index in [4.69, 9.17) is 0 Å². The normalized spacial score (nSPS) is 12.3. The molecule has 2 heteroatoms. The van der Waals surface area contributed by atoms with E-state index >= 15 is 0 Å². The first-order valence-corrected chi connectivity index (χ1v) is 9.20. The van der Waals surface area contributed by atoms with Gasteiger partial charge in [0.05, 0.1) is 0 Å². The molecule has 0 nitrogen and oxygen atoms in total. The van der Waals surface area contributed by atoms with Crippen LogP contribution in [0.3, 0.4) is 0 Å². The maximum Gasteiger partial charge on any atom is 2.00 e. The van der Waals surface area contributed by atoms with Crippen LogP contribution in [-0.4, -0.2) is 18.9 Å². The van der Waals surface area contributed by atoms with Gasteiger partial charge in [0.1, 0.15) is 0 Å². The predicted octanol–water partition coefficient (Wildman–Crippen LogP) is 7.25. The van der Waals surface area contributed by atoms with Gasteiger partial charge in [-0.15, -0.1) is 0 Å². The van der Waals surface area contributed by atoms with Gasteiger partial charge in [0.2, 0.25) is 0 Å². The van der Waals surface area contributed by atoms with Gasteiger partial charge in [-0.2, -0.15) is 11.8 Å². The fourth-order valence-electron chi connectivity index (χ4n) is 2.19. The van der Waals surface area contributed by atoms with E-state index in [0.717, 1.165) is 0 Å². The van der Waals surface area contributed by atoms with Crippen molar-refractivity contribution in [1.29, 1.82) is 0 Å². The van der Waals surface area contributed by atoms with Crippen molar-refractivity contribution in [3.05, 3.63) is 13.8 Å². The second kappa shape index (κ2) is 27.0. The Bertz CT molecular complexity index is 140. The Kier molecular flexibility index (Phi) is 38.0. The molecule has 0 aromatic heterocycles. The molecule has 0 amide bonds. The van der Waals surface area contributed by atoms with Gasteiger partial charge in [-0.05, 0) is 0 Å². The van der Waals surface area contributed by atoms with Crippen molar-refractivity contribution in [2.45, 2.75) is 105 Å². The van der Waals surface area contributed by atoms with Crippen molar-refractivity contribution in [3.8, 4) is 0 Å². The van der Waals surface area contributed by atoms with Gasteiger partial charge < -0.3 is 13.8 Å². The molecule has 134 valence electrons. The van der Waals surface area contributed by atoms with Crippen molar-refractivity contribution in [1.82, 2.24) is 0 Å². The summed E-state index contributed by atoms with van der Waals surface area (Å²) in [6, 6.07) is 0. The van der Waals surface area contributed by atoms with Gasteiger partial charge in [-0.25, -0.2) is 0 Å². The second-order valence-electron chi connectivity index (χ2n) is 6.62. The fraction of sp³-hybridized carbons (Fsp3) is 0.900. The molecule has 0 aliphatic carbocycles. The van der Waals surface area contributed by atoms with Gasteiger partial charge in [-0.1, -0.05) is 105 Å². The SMILES string of the molecule is [CH2-]C(C)CCCCCCC.[CH2-]C(C)CCCCCCC.[Cu+2].[Li]. The van der Waals surface area contributed by atoms with Crippen LogP contribution in [-0.2, 0) is 17.1 Å². The zero-order chi connectivity index (χ0) is 15.6. The van der Waals surface area contributed by atoms with Crippen LogP contribution >= 0.6 is 0 Å². The molecular weight excluding hydrogens is 311 g/mol. The molecule has 2 unspecified atom stereocenters. The summed E-state index contributed by atoms with van der Waals surface area (Å²) in [5.41, 5.74) is 0. The molecule has 0 saturated carbocycles. The zero-order valence-electron chi connectivity index (χ0n) is 16.4. The molecule has 0 bridgehead atoms. The molecule has 0 aromatic carbocycles. The molecular formula is C20H42CuLi. The minimum Gasteiger partial charge on any atom is -0.341 e. The first kappa shape index (κ1) is 30.9. The van der Waals surface area contributed by atoms with E-state index < -0.39 is 0 Å². The summed E-state index contributed by atoms with van der Waals surface area (Å²) < 4.78 is 0. The van der Waals surface area contributed by atoms with Crippen LogP contribution in [0.15, 0.2) is 0 Å². The minimum absolute atomic E-state index is 0. The third kappa shape index (κ3) is 37.4. The second-order valence-corrected chi connectivity index (χ2v) is 6.62. The molecule has 0 aliphatic rings. The maximum absolute atomic E-state index is 3.96. The van der Waals surface area contributed by atoms with Gasteiger partial charge in [0.25, 0.3) is 0 Å². The van der Waals surface area contributed by atoms with Gasteiger partial charge in [-0.3, -0.25) is 0 Å². The average molecular weight is 353 g/mol. The largest absolute Gasteiger partial charge is 2.00 e. The Balaban J connectivity index is -0.000000135. The Labute approximate surface area is 166 Å². The molecule has 0 aromatic rings. The number of hydrogen-bond acceptors (Lipinski definition) is 0. The summed E-state index contributed by atoms with van der Waals surface area (Å²) >= 11 is 0. The molecule has 0 N–H and O–H groups in total. The minimum atomic E-state index is 0. The van der Waals surface area contributed by atoms with Crippen LogP contribution < -0.4 is 0 Å². The van der Waals surface area contributed by atoms with E-state index in [-0.39, 0.29) is 35.9 Å². The summed E-state index contributed by atoms with van der Waals surface area (Å²) in [4.78, 5) is 0. The molecule has 22 heavy (non-hydrogen) atoms. The van der Waals surface area contributed by atoms with Gasteiger partial charge >= 0.3 is 17.1 Å². The van der Waals surface area contributed by atoms with Crippen LogP contribution in [0.4, 0.5) is 0 Å². The van der Waals surface area contributed by atoms with Crippen molar-refractivity contribution in [2.75, 3.05) is 0 Å². The monoisotopic (exact) mass is 352 g/mol. The topological polar surface area (TPSA) is 0 Å². The van der Waals surface area contributed by atoms with Gasteiger partial charge in [0.15, 0.2) is 0 Å². The summed E-state index contributed by atoms with van der Waals surface area (Å²) in [5.74, 6) is 1.31. The third-order valence-corrected chi connectivity index (χ3v) is 3.60. The Morgan fingerprint density at radius 1 is 0.591 bits per heavy atom. The predicted molar refractivity (Wildman–Crippen MR) is 102 cm³/mol. The van der Waals surface area contributed by atoms with E-state index in [9.17, 15) is 0 Å². The molecule has 2 radical (unpaired) electrons. The molecule has 0 rings (SSSR count). The summed E-state index contributed by atoms with van der Waals surface area (Å²) in [6.07, 6.45) is 16.5. The van der Waals surface area contributed by atoms with E-state index in [1.54, 1.807) is 0 Å². The Hall–Kier alpha value is 1.12. The first-order valence-electron chi connectivity index (χ1n) is 9.20. The van der Waals surface area contributed by atoms with Crippen molar-refractivity contribution in [2.24, 2.45) is 11.8 Å². The van der Waals surface area contributed by atoms with Crippen LogP contribution in [0, 0.1) is 25.7 Å². The molecule has 0 fully saturated rings. The summed E-state index contributed by atoms with van der Waals surface area (Å²) in [6.45, 7) is 16.8. The van der Waals surface area contributed by atoms with E-state index in [1.807, 2.05) is 0 Å². The van der Waals surface area contributed by atoms with Crippen LogP contribution in [0.1, 0.15) is 105 Å². The zero-order valence-corrected chi connectivity index (χ0v) is 17.3. The van der Waals surface area contributed by atoms with Crippen LogP contribution in [0.25, 0.3) is 0 Å². The molecule has 2 atom stereocenters. The summed E-state index contributed by atoms with van der Waals surface area (Å²) in [7, 11) is 0. The number of rotatable bonds is 12. The number of unbranched alkanes of at least 4 members (excludes halogenated alkanes) is 8. The number of hydrogen-bond donors (Lipinski definition) is 0. The summed E-state index contributed by atoms with van der Waals surface area (Å²) in [5, 5.41) is 0. The third-order valence-electron chi connectivity index (χ3n) is 3.60. The average Bonchev–Trinajstić information content (AvgIpc) is 2.38. The standard InChI is InChI=1S/2C10H21.Cu.Li/c2*1-4-5-6-7-8-9-10(2)3;;/h2*10H,2,4-9H2,1,3H3;;/q2*-1;+2;. The Morgan fingerprint density at radius 3 is 1.09 bits per heavy atom. The van der Waals surface area contributed by atoms with Crippen molar-refractivity contribution in [3.63, 3.8) is 0 Å². The first-order chi connectivity index (χ1) is 9.54. The Morgan fingerprint density at radius 2 is 0.864 bits per heavy atom. The smallest absolute Gasteiger partial charge is 0.341 e. The quantitative estimate of drug-likeness (QED) is 0.197. The molecule has 0 saturated heterocycles. The molecule has 0 aliphatic heterocycles. The molecule has 0 spiro atoms. The van der Waals surface area contributed by atoms with Crippen molar-refractivity contribution >= 4 is 18.9 Å². The van der Waals surface area contributed by atoms with Crippen LogP contribution in [0.2, 0.25) is 0 Å². The van der Waals surface area contributed by atoms with E-state index in [2.05, 4.69) is 41.5 Å². The fourth-order valence-corrected chi connectivity index (χ4v) is 2.19. The van der Waals surface area contributed by atoms with Gasteiger partial charge in [0, 0.05) is 18.9 Å².